The van der Waals surface area contributed by atoms with E-state index in [0.29, 0.717) is 6.42 Å². The third kappa shape index (κ3) is 4.58. The second-order valence-corrected chi connectivity index (χ2v) is 5.22. The van der Waals surface area contributed by atoms with Crippen LogP contribution in [0.5, 0.6) is 0 Å². The first-order valence-corrected chi connectivity index (χ1v) is 7.83. The van der Waals surface area contributed by atoms with Crippen molar-refractivity contribution in [2.24, 2.45) is 0 Å². The zero-order valence-corrected chi connectivity index (χ0v) is 13.2. The molecule has 1 amide bonds. The number of carbonyl (C=O) groups is 1. The number of amides is 1. The molecule has 0 fully saturated rings. The summed E-state index contributed by atoms with van der Waals surface area (Å²) < 4.78 is 0. The van der Waals surface area contributed by atoms with Crippen molar-refractivity contribution in [1.29, 1.82) is 0 Å². The monoisotopic (exact) mass is 297 g/mol. The lowest BCUT2D eigenvalue weighted by molar-refractivity contribution is -0.116. The number of aromatic nitrogens is 1. The number of rotatable bonds is 7. The largest absolute Gasteiger partial charge is 0.340 e. The lowest BCUT2D eigenvalue weighted by Crippen LogP contribution is -2.11. The Balaban J connectivity index is 1.98. The molecule has 0 aliphatic rings. The van der Waals surface area contributed by atoms with E-state index < -0.39 is 0 Å². The Labute approximate surface area is 132 Å². The molecule has 0 aliphatic carbocycles. The molecule has 0 radical (unpaired) electrons. The minimum absolute atomic E-state index is 0.0423. The fraction of sp³-hybridized carbons (Fsp3) is 0.333. The molecule has 0 aliphatic heterocycles. The van der Waals surface area contributed by atoms with Gasteiger partial charge in [0.15, 0.2) is 0 Å². The number of benzene rings is 1. The number of aryl methyl sites for hydroxylation is 1. The van der Waals surface area contributed by atoms with E-state index in [1.165, 1.54) is 5.56 Å². The van der Waals surface area contributed by atoms with Crippen LogP contribution >= 0.6 is 0 Å². The van der Waals surface area contributed by atoms with Crippen LogP contribution in [0.4, 0.5) is 17.2 Å². The average molecular weight is 297 g/mol. The van der Waals surface area contributed by atoms with E-state index in [1.54, 1.807) is 6.20 Å². The molecule has 2 aromatic rings. The van der Waals surface area contributed by atoms with Crippen LogP contribution in [0, 0.1) is 0 Å². The first kappa shape index (κ1) is 16.0. The summed E-state index contributed by atoms with van der Waals surface area (Å²) in [6, 6.07) is 11.9. The van der Waals surface area contributed by atoms with Crippen molar-refractivity contribution >= 4 is 23.1 Å². The summed E-state index contributed by atoms with van der Waals surface area (Å²) in [5.41, 5.74) is 3.05. The Kier molecular flexibility index (Phi) is 5.95. The number of carbonyl (C=O) groups excluding carboxylic acids is 1. The molecule has 1 heterocycles. The topological polar surface area (TPSA) is 54.0 Å². The summed E-state index contributed by atoms with van der Waals surface area (Å²) in [5, 5.41) is 6.18. The summed E-state index contributed by atoms with van der Waals surface area (Å²) in [4.78, 5) is 16.0. The number of hydrogen-bond donors (Lipinski definition) is 2. The van der Waals surface area contributed by atoms with Crippen molar-refractivity contribution in [3.05, 3.63) is 48.2 Å². The molecule has 0 bridgehead atoms. The fourth-order valence-corrected chi connectivity index (χ4v) is 2.19. The van der Waals surface area contributed by atoms with E-state index in [4.69, 9.17) is 0 Å². The van der Waals surface area contributed by atoms with Gasteiger partial charge in [-0.3, -0.25) is 4.79 Å². The number of pyridine rings is 1. The van der Waals surface area contributed by atoms with Crippen LogP contribution in [0.25, 0.3) is 0 Å². The van der Waals surface area contributed by atoms with Crippen LogP contribution in [-0.2, 0) is 11.2 Å². The van der Waals surface area contributed by atoms with E-state index in [9.17, 15) is 4.79 Å². The van der Waals surface area contributed by atoms with E-state index in [0.717, 1.165) is 36.5 Å². The van der Waals surface area contributed by atoms with Crippen LogP contribution in [0.3, 0.4) is 0 Å². The van der Waals surface area contributed by atoms with Gasteiger partial charge in [-0.1, -0.05) is 38.5 Å². The average Bonchev–Trinajstić information content (AvgIpc) is 2.55. The minimum atomic E-state index is 0.0423. The Morgan fingerprint density at radius 1 is 1.14 bits per heavy atom. The summed E-state index contributed by atoms with van der Waals surface area (Å²) in [5.74, 6) is 0.813. The zero-order valence-electron chi connectivity index (χ0n) is 13.2. The first-order chi connectivity index (χ1) is 10.7. The Morgan fingerprint density at radius 2 is 1.95 bits per heavy atom. The molecule has 1 aromatic heterocycles. The van der Waals surface area contributed by atoms with Gasteiger partial charge in [-0.05, 0) is 36.6 Å². The van der Waals surface area contributed by atoms with Crippen LogP contribution in [0.15, 0.2) is 42.6 Å². The molecular weight excluding hydrogens is 274 g/mol. The summed E-state index contributed by atoms with van der Waals surface area (Å²) in [6.07, 6.45) is 5.13. The number of nitrogens with zero attached hydrogens (tertiary/aromatic N) is 1. The van der Waals surface area contributed by atoms with E-state index in [-0.39, 0.29) is 5.91 Å². The molecule has 4 nitrogen and oxygen atoms in total. The Bertz CT molecular complexity index is 608. The molecule has 2 N–H and O–H groups in total. The van der Waals surface area contributed by atoms with Gasteiger partial charge in [0.25, 0.3) is 0 Å². The molecule has 2 rings (SSSR count). The molecule has 0 atom stereocenters. The normalized spacial score (nSPS) is 10.3. The van der Waals surface area contributed by atoms with Crippen LogP contribution in [0.2, 0.25) is 0 Å². The van der Waals surface area contributed by atoms with Gasteiger partial charge >= 0.3 is 0 Å². The van der Waals surface area contributed by atoms with Crippen molar-refractivity contribution in [3.63, 3.8) is 0 Å². The minimum Gasteiger partial charge on any atom is -0.340 e. The van der Waals surface area contributed by atoms with Gasteiger partial charge in [-0.15, -0.1) is 0 Å². The number of para-hydroxylation sites is 1. The highest BCUT2D eigenvalue weighted by Crippen LogP contribution is 2.20. The lowest BCUT2D eigenvalue weighted by Gasteiger charge is -2.11. The van der Waals surface area contributed by atoms with E-state index in [1.807, 2.05) is 30.3 Å². The molecule has 0 unspecified atom stereocenters. The molecule has 116 valence electrons. The van der Waals surface area contributed by atoms with Gasteiger partial charge in [0.05, 0.1) is 11.9 Å². The number of unbranched alkanes of at least 4 members (excludes halogenated alkanes) is 1. The van der Waals surface area contributed by atoms with Gasteiger partial charge < -0.3 is 10.6 Å². The third-order valence-corrected chi connectivity index (χ3v) is 3.47. The first-order valence-electron chi connectivity index (χ1n) is 7.83. The molecule has 0 saturated heterocycles. The standard InChI is InChI=1S/C18H23N3O/c1-3-5-10-18(22)20-15-11-12-17(19-13-15)21-16-9-7-6-8-14(16)4-2/h6-9,11-13H,3-5,10H2,1-2H3,(H,19,21)(H,20,22). The second kappa shape index (κ2) is 8.17. The lowest BCUT2D eigenvalue weighted by atomic mass is 10.1. The SMILES string of the molecule is CCCCC(=O)Nc1ccc(Nc2ccccc2CC)nc1. The molecule has 0 spiro atoms. The highest BCUT2D eigenvalue weighted by atomic mass is 16.1. The highest BCUT2D eigenvalue weighted by molar-refractivity contribution is 5.90. The predicted molar refractivity (Wildman–Crippen MR) is 91.5 cm³/mol. The molecule has 22 heavy (non-hydrogen) atoms. The van der Waals surface area contributed by atoms with Crippen molar-refractivity contribution in [3.8, 4) is 0 Å². The van der Waals surface area contributed by atoms with Crippen molar-refractivity contribution in [2.75, 3.05) is 10.6 Å². The Hall–Kier alpha value is -2.36. The second-order valence-electron chi connectivity index (χ2n) is 5.22. The van der Waals surface area contributed by atoms with Crippen LogP contribution in [-0.4, -0.2) is 10.9 Å². The molecular formula is C18H23N3O. The third-order valence-electron chi connectivity index (χ3n) is 3.47. The van der Waals surface area contributed by atoms with Crippen molar-refractivity contribution < 1.29 is 4.79 Å². The smallest absolute Gasteiger partial charge is 0.224 e. The fourth-order valence-electron chi connectivity index (χ4n) is 2.19. The number of nitrogens with one attached hydrogen (secondary N) is 2. The van der Waals surface area contributed by atoms with Crippen molar-refractivity contribution in [1.82, 2.24) is 4.98 Å². The Morgan fingerprint density at radius 3 is 2.64 bits per heavy atom. The van der Waals surface area contributed by atoms with Gasteiger partial charge in [-0.2, -0.15) is 0 Å². The molecule has 0 saturated carbocycles. The van der Waals surface area contributed by atoms with E-state index in [2.05, 4.69) is 35.5 Å². The maximum atomic E-state index is 11.7. The van der Waals surface area contributed by atoms with Crippen LogP contribution < -0.4 is 10.6 Å². The van der Waals surface area contributed by atoms with E-state index >= 15 is 0 Å². The number of hydrogen-bond acceptors (Lipinski definition) is 3. The van der Waals surface area contributed by atoms with Crippen LogP contribution in [0.1, 0.15) is 38.7 Å². The summed E-state index contributed by atoms with van der Waals surface area (Å²) in [7, 11) is 0. The maximum Gasteiger partial charge on any atom is 0.224 e. The maximum absolute atomic E-state index is 11.7. The molecule has 4 heteroatoms. The van der Waals surface area contributed by atoms with Crippen molar-refractivity contribution in [2.45, 2.75) is 39.5 Å². The van der Waals surface area contributed by atoms with Gasteiger partial charge in [-0.25, -0.2) is 4.98 Å². The van der Waals surface area contributed by atoms with Gasteiger partial charge in [0.2, 0.25) is 5.91 Å². The number of anilines is 3. The van der Waals surface area contributed by atoms with Gasteiger partial charge in [0, 0.05) is 12.1 Å². The summed E-state index contributed by atoms with van der Waals surface area (Å²) >= 11 is 0. The predicted octanol–water partition coefficient (Wildman–Crippen LogP) is 4.52. The highest BCUT2D eigenvalue weighted by Gasteiger charge is 2.04. The van der Waals surface area contributed by atoms with Gasteiger partial charge in [0.1, 0.15) is 5.82 Å². The summed E-state index contributed by atoms with van der Waals surface area (Å²) in [6.45, 7) is 4.20. The molecule has 1 aromatic carbocycles. The zero-order chi connectivity index (χ0) is 15.8. The quantitative estimate of drug-likeness (QED) is 0.790.